The van der Waals surface area contributed by atoms with Crippen LogP contribution in [0.2, 0.25) is 0 Å². The number of pyridine rings is 1. The topological polar surface area (TPSA) is 54.5 Å². The Morgan fingerprint density at radius 2 is 2.00 bits per heavy atom. The minimum Gasteiger partial charge on any atom is -0.381 e. The predicted octanol–water partition coefficient (Wildman–Crippen LogP) is 2.72. The van der Waals surface area contributed by atoms with E-state index in [9.17, 15) is 9.18 Å². The zero-order chi connectivity index (χ0) is 17.9. The fourth-order valence-electron chi connectivity index (χ4n) is 3.09. The highest BCUT2D eigenvalue weighted by atomic mass is 19.1. The molecule has 1 aromatic carbocycles. The van der Waals surface area contributed by atoms with Crippen LogP contribution in [0.15, 0.2) is 42.6 Å². The zero-order valence-corrected chi connectivity index (χ0v) is 14.5. The van der Waals surface area contributed by atoms with Crippen molar-refractivity contribution in [2.45, 2.75) is 18.4 Å². The van der Waals surface area contributed by atoms with E-state index >= 15 is 0 Å². The molecule has 2 heterocycles. The molecule has 0 unspecified atom stereocenters. The van der Waals surface area contributed by atoms with Crippen molar-refractivity contribution in [1.82, 2.24) is 10.3 Å². The number of nitrogens with zero attached hydrogens (tertiary/aromatic N) is 2. The monoisotopic (exact) mass is 343 g/mol. The van der Waals surface area contributed by atoms with Gasteiger partial charge in [-0.1, -0.05) is 12.1 Å². The number of amides is 1. The Balaban J connectivity index is 1.90. The molecule has 132 valence electrons. The molecule has 1 N–H and O–H groups in total. The number of hydrogen-bond acceptors (Lipinski definition) is 4. The molecule has 1 amide bonds. The number of carbonyl (C=O) groups is 1. The molecule has 1 aliphatic heterocycles. The van der Waals surface area contributed by atoms with Crippen molar-refractivity contribution in [3.05, 3.63) is 59.5 Å². The second-order valence-electron chi connectivity index (χ2n) is 6.46. The molecule has 0 atom stereocenters. The molecule has 2 aromatic rings. The van der Waals surface area contributed by atoms with Crippen molar-refractivity contribution in [1.29, 1.82) is 0 Å². The van der Waals surface area contributed by atoms with E-state index in [0.29, 0.717) is 37.4 Å². The normalized spacial score (nSPS) is 16.3. The van der Waals surface area contributed by atoms with E-state index in [1.54, 1.807) is 24.4 Å². The van der Waals surface area contributed by atoms with E-state index in [2.05, 4.69) is 10.3 Å². The van der Waals surface area contributed by atoms with Crippen molar-refractivity contribution < 1.29 is 13.9 Å². The van der Waals surface area contributed by atoms with E-state index in [1.165, 1.54) is 12.1 Å². The van der Waals surface area contributed by atoms with Gasteiger partial charge in [-0.2, -0.15) is 0 Å². The Bertz CT molecular complexity index is 758. The fourth-order valence-corrected chi connectivity index (χ4v) is 3.09. The van der Waals surface area contributed by atoms with E-state index < -0.39 is 5.54 Å². The first-order chi connectivity index (χ1) is 12.0. The van der Waals surface area contributed by atoms with Gasteiger partial charge in [0.15, 0.2) is 0 Å². The maximum atomic E-state index is 13.7. The summed E-state index contributed by atoms with van der Waals surface area (Å²) in [4.78, 5) is 18.9. The second-order valence-corrected chi connectivity index (χ2v) is 6.46. The average Bonchev–Trinajstić information content (AvgIpc) is 2.62. The molecule has 1 fully saturated rings. The molecule has 0 radical (unpaired) electrons. The van der Waals surface area contributed by atoms with Crippen LogP contribution in [0.1, 0.15) is 28.8 Å². The molecule has 3 rings (SSSR count). The van der Waals surface area contributed by atoms with Gasteiger partial charge in [0, 0.05) is 39.1 Å². The quantitative estimate of drug-likeness (QED) is 0.927. The highest BCUT2D eigenvalue weighted by Gasteiger charge is 2.36. The summed E-state index contributed by atoms with van der Waals surface area (Å²) >= 11 is 0. The Kier molecular flexibility index (Phi) is 4.99. The third-order valence-electron chi connectivity index (χ3n) is 4.54. The largest absolute Gasteiger partial charge is 0.381 e. The van der Waals surface area contributed by atoms with Crippen LogP contribution in [0, 0.1) is 5.82 Å². The number of carbonyl (C=O) groups excluding carboxylic acids is 1. The highest BCUT2D eigenvalue weighted by Crippen LogP contribution is 2.33. The zero-order valence-electron chi connectivity index (χ0n) is 14.5. The van der Waals surface area contributed by atoms with Gasteiger partial charge in [-0.15, -0.1) is 0 Å². The summed E-state index contributed by atoms with van der Waals surface area (Å²) in [7, 11) is 3.74. The lowest BCUT2D eigenvalue weighted by Crippen LogP contribution is -2.49. The summed E-state index contributed by atoms with van der Waals surface area (Å²) in [5.41, 5.74) is 0.672. The SMILES string of the molecule is CN(C)c1cc(C(=O)NC2(c3cccc(F)c3)CCOCC2)ccn1. The van der Waals surface area contributed by atoms with E-state index in [4.69, 9.17) is 4.74 Å². The van der Waals surface area contributed by atoms with E-state index in [1.807, 2.05) is 25.1 Å². The van der Waals surface area contributed by atoms with Crippen molar-refractivity contribution in [2.75, 3.05) is 32.2 Å². The predicted molar refractivity (Wildman–Crippen MR) is 94.2 cm³/mol. The molecule has 1 aromatic heterocycles. The molecule has 5 nitrogen and oxygen atoms in total. The van der Waals surface area contributed by atoms with Gasteiger partial charge in [0.05, 0.1) is 5.54 Å². The molecule has 0 aliphatic carbocycles. The van der Waals surface area contributed by atoms with Gasteiger partial charge in [-0.05, 0) is 42.7 Å². The number of anilines is 1. The minimum absolute atomic E-state index is 0.198. The highest BCUT2D eigenvalue weighted by molar-refractivity contribution is 5.95. The van der Waals surface area contributed by atoms with E-state index in [-0.39, 0.29) is 11.7 Å². The molecular formula is C19H22FN3O2. The summed E-state index contributed by atoms with van der Waals surface area (Å²) in [6.07, 6.45) is 2.82. The maximum absolute atomic E-state index is 13.7. The summed E-state index contributed by atoms with van der Waals surface area (Å²) in [6.45, 7) is 1.05. The molecule has 25 heavy (non-hydrogen) atoms. The first-order valence-electron chi connectivity index (χ1n) is 8.30. The third-order valence-corrected chi connectivity index (χ3v) is 4.54. The lowest BCUT2D eigenvalue weighted by atomic mass is 9.82. The number of aromatic nitrogens is 1. The van der Waals surface area contributed by atoms with Crippen LogP contribution in [-0.4, -0.2) is 38.2 Å². The molecular weight excluding hydrogens is 321 g/mol. The van der Waals surface area contributed by atoms with Crippen molar-refractivity contribution in [3.63, 3.8) is 0 Å². The van der Waals surface area contributed by atoms with Gasteiger partial charge in [0.2, 0.25) is 0 Å². The van der Waals surface area contributed by atoms with Gasteiger partial charge in [0.25, 0.3) is 5.91 Å². The Hall–Kier alpha value is -2.47. The van der Waals surface area contributed by atoms with Gasteiger partial charge >= 0.3 is 0 Å². The van der Waals surface area contributed by atoms with E-state index in [0.717, 1.165) is 5.56 Å². The van der Waals surface area contributed by atoms with Gasteiger partial charge < -0.3 is 15.0 Å². The second kappa shape index (κ2) is 7.19. The number of halogens is 1. The Morgan fingerprint density at radius 3 is 2.68 bits per heavy atom. The van der Waals surface area contributed by atoms with Crippen molar-refractivity contribution in [2.24, 2.45) is 0 Å². The molecule has 6 heteroatoms. The smallest absolute Gasteiger partial charge is 0.252 e. The van der Waals surface area contributed by atoms with Crippen molar-refractivity contribution >= 4 is 11.7 Å². The molecule has 0 spiro atoms. The Labute approximate surface area is 146 Å². The Morgan fingerprint density at radius 1 is 1.24 bits per heavy atom. The standard InChI is InChI=1S/C19H22FN3O2/c1-23(2)17-12-14(6-9-21-17)18(24)22-19(7-10-25-11-8-19)15-4-3-5-16(20)13-15/h3-6,9,12-13H,7-8,10-11H2,1-2H3,(H,22,24). The summed E-state index contributed by atoms with van der Waals surface area (Å²) in [6, 6.07) is 9.85. The average molecular weight is 343 g/mol. The van der Waals surface area contributed by atoms with Crippen LogP contribution in [0.4, 0.5) is 10.2 Å². The molecule has 0 bridgehead atoms. The van der Waals surface area contributed by atoms with Crippen LogP contribution in [-0.2, 0) is 10.3 Å². The van der Waals surface area contributed by atoms with Crippen LogP contribution >= 0.6 is 0 Å². The van der Waals surface area contributed by atoms with Crippen LogP contribution in [0.3, 0.4) is 0 Å². The van der Waals surface area contributed by atoms with Gasteiger partial charge in [0.1, 0.15) is 11.6 Å². The molecule has 1 saturated heterocycles. The number of hydrogen-bond donors (Lipinski definition) is 1. The number of ether oxygens (including phenoxy) is 1. The number of rotatable bonds is 4. The van der Waals surface area contributed by atoms with Crippen LogP contribution in [0.25, 0.3) is 0 Å². The first-order valence-corrected chi connectivity index (χ1v) is 8.30. The number of nitrogens with one attached hydrogen (secondary N) is 1. The fraction of sp³-hybridized carbons (Fsp3) is 0.368. The minimum atomic E-state index is -0.626. The van der Waals surface area contributed by atoms with Gasteiger partial charge in [-0.3, -0.25) is 4.79 Å². The molecule has 0 saturated carbocycles. The summed E-state index contributed by atoms with van der Waals surface area (Å²) in [5.74, 6) is 0.201. The summed E-state index contributed by atoms with van der Waals surface area (Å²) < 4.78 is 19.2. The van der Waals surface area contributed by atoms with Crippen LogP contribution < -0.4 is 10.2 Å². The van der Waals surface area contributed by atoms with Crippen LogP contribution in [0.5, 0.6) is 0 Å². The summed E-state index contributed by atoms with van der Waals surface area (Å²) in [5, 5.41) is 3.13. The van der Waals surface area contributed by atoms with Crippen molar-refractivity contribution in [3.8, 4) is 0 Å². The third kappa shape index (κ3) is 3.79. The maximum Gasteiger partial charge on any atom is 0.252 e. The van der Waals surface area contributed by atoms with Gasteiger partial charge in [-0.25, -0.2) is 9.37 Å². The first kappa shape index (κ1) is 17.4. The molecule has 1 aliphatic rings. The lowest BCUT2D eigenvalue weighted by molar-refractivity contribution is 0.0344. The number of benzene rings is 1. The lowest BCUT2D eigenvalue weighted by Gasteiger charge is -2.38.